The SMILES string of the molecule is CC1CCCC(C)(C)C1N=C=O. The smallest absolute Gasteiger partial charge is 0.211 e. The molecular weight excluding hydrogens is 150 g/mol. The maximum Gasteiger partial charge on any atom is 0.235 e. The molecule has 1 aliphatic rings. The van der Waals surface area contributed by atoms with Crippen molar-refractivity contribution < 1.29 is 4.79 Å². The van der Waals surface area contributed by atoms with Gasteiger partial charge in [-0.3, -0.25) is 0 Å². The van der Waals surface area contributed by atoms with Crippen LogP contribution >= 0.6 is 0 Å². The van der Waals surface area contributed by atoms with Gasteiger partial charge in [-0.25, -0.2) is 9.79 Å². The molecule has 2 atom stereocenters. The van der Waals surface area contributed by atoms with E-state index < -0.39 is 0 Å². The third kappa shape index (κ3) is 1.75. The number of rotatable bonds is 1. The van der Waals surface area contributed by atoms with Gasteiger partial charge in [0.1, 0.15) is 0 Å². The molecule has 0 saturated heterocycles. The average Bonchev–Trinajstić information content (AvgIpc) is 1.97. The predicted molar refractivity (Wildman–Crippen MR) is 48.7 cm³/mol. The molecule has 68 valence electrons. The largest absolute Gasteiger partial charge is 0.235 e. The zero-order valence-electron chi connectivity index (χ0n) is 8.13. The Morgan fingerprint density at radius 2 is 2.17 bits per heavy atom. The highest BCUT2D eigenvalue weighted by Crippen LogP contribution is 2.40. The van der Waals surface area contributed by atoms with Crippen LogP contribution in [0.4, 0.5) is 0 Å². The molecule has 1 saturated carbocycles. The fraction of sp³-hybridized carbons (Fsp3) is 0.900. The van der Waals surface area contributed by atoms with Crippen LogP contribution in [-0.4, -0.2) is 12.1 Å². The lowest BCUT2D eigenvalue weighted by Crippen LogP contribution is -2.37. The molecule has 0 aliphatic heterocycles. The molecule has 2 nitrogen and oxygen atoms in total. The number of nitrogens with zero attached hydrogens (tertiary/aromatic N) is 1. The molecule has 0 spiro atoms. The third-order valence-electron chi connectivity index (χ3n) is 3.01. The van der Waals surface area contributed by atoms with Gasteiger partial charge in [-0.1, -0.05) is 27.2 Å². The van der Waals surface area contributed by atoms with Crippen LogP contribution in [0.25, 0.3) is 0 Å². The van der Waals surface area contributed by atoms with Crippen molar-refractivity contribution >= 4 is 6.08 Å². The first kappa shape index (κ1) is 9.47. The minimum Gasteiger partial charge on any atom is -0.211 e. The molecule has 12 heavy (non-hydrogen) atoms. The van der Waals surface area contributed by atoms with Crippen LogP contribution < -0.4 is 0 Å². The van der Waals surface area contributed by atoms with Crippen molar-refractivity contribution in [1.82, 2.24) is 0 Å². The van der Waals surface area contributed by atoms with Crippen LogP contribution in [0.3, 0.4) is 0 Å². The van der Waals surface area contributed by atoms with Crippen LogP contribution in [-0.2, 0) is 4.79 Å². The van der Waals surface area contributed by atoms with Gasteiger partial charge < -0.3 is 0 Å². The summed E-state index contributed by atoms with van der Waals surface area (Å²) >= 11 is 0. The molecule has 1 rings (SSSR count). The Hall–Kier alpha value is -0.620. The number of isocyanates is 1. The van der Waals surface area contributed by atoms with E-state index in [4.69, 9.17) is 0 Å². The van der Waals surface area contributed by atoms with Gasteiger partial charge in [0.2, 0.25) is 6.08 Å². The van der Waals surface area contributed by atoms with Gasteiger partial charge in [-0.05, 0) is 24.2 Å². The van der Waals surface area contributed by atoms with E-state index in [0.29, 0.717) is 5.92 Å². The van der Waals surface area contributed by atoms with Crippen molar-refractivity contribution in [3.05, 3.63) is 0 Å². The summed E-state index contributed by atoms with van der Waals surface area (Å²) in [7, 11) is 0. The summed E-state index contributed by atoms with van der Waals surface area (Å²) in [5.74, 6) is 0.537. The standard InChI is InChI=1S/C10H17NO/c1-8-5-4-6-10(2,3)9(8)11-7-12/h8-9H,4-6H2,1-3H3. The normalized spacial score (nSPS) is 33.9. The third-order valence-corrected chi connectivity index (χ3v) is 3.01. The molecule has 0 radical (unpaired) electrons. The first-order valence-corrected chi connectivity index (χ1v) is 4.65. The molecule has 0 bridgehead atoms. The molecule has 0 aromatic heterocycles. The lowest BCUT2D eigenvalue weighted by molar-refractivity contribution is 0.151. The Balaban J connectivity index is 2.80. The maximum absolute atomic E-state index is 10.2. The Labute approximate surface area is 74.1 Å². The van der Waals surface area contributed by atoms with E-state index in [0.717, 1.165) is 0 Å². The Morgan fingerprint density at radius 3 is 2.67 bits per heavy atom. The van der Waals surface area contributed by atoms with E-state index >= 15 is 0 Å². The topological polar surface area (TPSA) is 29.4 Å². The molecule has 2 unspecified atom stereocenters. The molecule has 2 heteroatoms. The van der Waals surface area contributed by atoms with E-state index in [-0.39, 0.29) is 11.5 Å². The number of hydrogen-bond acceptors (Lipinski definition) is 2. The second kappa shape index (κ2) is 3.40. The Bertz CT molecular complexity index is 204. The fourth-order valence-electron chi connectivity index (χ4n) is 2.31. The fourth-order valence-corrected chi connectivity index (χ4v) is 2.31. The summed E-state index contributed by atoms with van der Waals surface area (Å²) in [6, 6.07) is 0.184. The molecule has 0 amide bonds. The van der Waals surface area contributed by atoms with Crippen molar-refractivity contribution in [2.24, 2.45) is 16.3 Å². The maximum atomic E-state index is 10.2. The van der Waals surface area contributed by atoms with Gasteiger partial charge >= 0.3 is 0 Å². The van der Waals surface area contributed by atoms with E-state index in [9.17, 15) is 4.79 Å². The van der Waals surface area contributed by atoms with E-state index in [2.05, 4.69) is 25.8 Å². The van der Waals surface area contributed by atoms with E-state index in [1.165, 1.54) is 19.3 Å². The second-order valence-electron chi connectivity index (χ2n) is 4.52. The molecule has 1 aliphatic carbocycles. The zero-order chi connectivity index (χ0) is 9.19. The number of aliphatic imine (C=N–C) groups is 1. The molecule has 1 fully saturated rings. The van der Waals surface area contributed by atoms with Crippen LogP contribution in [0.1, 0.15) is 40.0 Å². The lowest BCUT2D eigenvalue weighted by atomic mass is 9.69. The number of hydrogen-bond donors (Lipinski definition) is 0. The van der Waals surface area contributed by atoms with Crippen LogP contribution in [0.15, 0.2) is 4.99 Å². The van der Waals surface area contributed by atoms with Crippen molar-refractivity contribution in [1.29, 1.82) is 0 Å². The van der Waals surface area contributed by atoms with Gasteiger partial charge in [0.05, 0.1) is 6.04 Å². The molecule has 0 aromatic rings. The monoisotopic (exact) mass is 167 g/mol. The second-order valence-corrected chi connectivity index (χ2v) is 4.52. The summed E-state index contributed by atoms with van der Waals surface area (Å²) < 4.78 is 0. The van der Waals surface area contributed by atoms with Crippen molar-refractivity contribution in [3.63, 3.8) is 0 Å². The quantitative estimate of drug-likeness (QED) is 0.436. The number of carbonyl (C=O) groups excluding carboxylic acids is 1. The van der Waals surface area contributed by atoms with E-state index in [1.54, 1.807) is 6.08 Å². The Kier molecular flexibility index (Phi) is 2.69. The summed E-state index contributed by atoms with van der Waals surface area (Å²) in [4.78, 5) is 14.1. The first-order chi connectivity index (χ1) is 5.58. The molecule has 0 aromatic carbocycles. The minimum atomic E-state index is 0.184. The van der Waals surface area contributed by atoms with Gasteiger partial charge in [-0.15, -0.1) is 0 Å². The summed E-state index contributed by atoms with van der Waals surface area (Å²) in [5, 5.41) is 0. The van der Waals surface area contributed by atoms with Crippen molar-refractivity contribution in [2.75, 3.05) is 0 Å². The zero-order valence-corrected chi connectivity index (χ0v) is 8.13. The van der Waals surface area contributed by atoms with Gasteiger partial charge in [0.15, 0.2) is 0 Å². The van der Waals surface area contributed by atoms with Gasteiger partial charge in [0.25, 0.3) is 0 Å². The highest BCUT2D eigenvalue weighted by atomic mass is 16.1. The first-order valence-electron chi connectivity index (χ1n) is 4.65. The van der Waals surface area contributed by atoms with Crippen LogP contribution in [0.2, 0.25) is 0 Å². The lowest BCUT2D eigenvalue weighted by Gasteiger charge is -2.39. The highest BCUT2D eigenvalue weighted by Gasteiger charge is 2.36. The summed E-state index contributed by atoms with van der Waals surface area (Å²) in [6.07, 6.45) is 5.33. The van der Waals surface area contributed by atoms with Crippen molar-refractivity contribution in [3.8, 4) is 0 Å². The van der Waals surface area contributed by atoms with Crippen LogP contribution in [0.5, 0.6) is 0 Å². The van der Waals surface area contributed by atoms with Gasteiger partial charge in [0, 0.05) is 0 Å². The highest BCUT2D eigenvalue weighted by molar-refractivity contribution is 5.34. The summed E-state index contributed by atoms with van der Waals surface area (Å²) in [5.41, 5.74) is 0.190. The van der Waals surface area contributed by atoms with Crippen LogP contribution in [0, 0.1) is 11.3 Å². The predicted octanol–water partition coefficient (Wildman–Crippen LogP) is 2.54. The average molecular weight is 167 g/mol. The summed E-state index contributed by atoms with van der Waals surface area (Å²) in [6.45, 7) is 6.55. The Morgan fingerprint density at radius 1 is 1.50 bits per heavy atom. The minimum absolute atomic E-state index is 0.184. The van der Waals surface area contributed by atoms with Gasteiger partial charge in [-0.2, -0.15) is 0 Å². The van der Waals surface area contributed by atoms with E-state index in [1.807, 2.05) is 0 Å². The van der Waals surface area contributed by atoms with Crippen molar-refractivity contribution in [2.45, 2.75) is 46.1 Å². The molecule has 0 N–H and O–H groups in total. The molecule has 0 heterocycles. The molecular formula is C10H17NO.